The summed E-state index contributed by atoms with van der Waals surface area (Å²) in [6, 6.07) is 8.39. The lowest BCUT2D eigenvalue weighted by Gasteiger charge is -2.26. The van der Waals surface area contributed by atoms with Gasteiger partial charge in [0.15, 0.2) is 0 Å². The molecule has 3 rings (SSSR count). The molecule has 164 valence electrons. The second kappa shape index (κ2) is 12.0. The standard InChI is InChI=1S/C23H34N4O2S/c1-18-22(26-19(2)25-18)16-30-17-23(28)24-10-7-13-29-21-9-6-8-20(14-21)15-27-11-4-3-5-12-27/h6,8-9,14H,3-5,7,10-13,15-17H2,1-2H3,(H,24,28)(H,25,26). The van der Waals surface area contributed by atoms with Gasteiger partial charge in [0, 0.05) is 24.5 Å². The van der Waals surface area contributed by atoms with Crippen LogP contribution >= 0.6 is 11.8 Å². The van der Waals surface area contributed by atoms with Gasteiger partial charge in [-0.2, -0.15) is 0 Å². The van der Waals surface area contributed by atoms with Crippen LogP contribution in [0.2, 0.25) is 0 Å². The lowest BCUT2D eigenvalue weighted by Crippen LogP contribution is -2.29. The molecule has 0 aliphatic carbocycles. The van der Waals surface area contributed by atoms with Crippen LogP contribution in [0.3, 0.4) is 0 Å². The van der Waals surface area contributed by atoms with Gasteiger partial charge in [0.05, 0.1) is 18.1 Å². The lowest BCUT2D eigenvalue weighted by molar-refractivity contribution is -0.118. The van der Waals surface area contributed by atoms with E-state index in [2.05, 4.69) is 38.4 Å². The highest BCUT2D eigenvalue weighted by Gasteiger charge is 2.11. The molecule has 2 heterocycles. The third-order valence-corrected chi connectivity index (χ3v) is 6.19. The van der Waals surface area contributed by atoms with Crippen LogP contribution in [0.15, 0.2) is 24.3 Å². The summed E-state index contributed by atoms with van der Waals surface area (Å²) >= 11 is 1.59. The maximum absolute atomic E-state index is 12.0. The van der Waals surface area contributed by atoms with Crippen molar-refractivity contribution in [3.05, 3.63) is 47.0 Å². The molecule has 1 fully saturated rings. The fourth-order valence-electron chi connectivity index (χ4n) is 3.69. The number of likely N-dealkylation sites (tertiary alicyclic amines) is 1. The van der Waals surface area contributed by atoms with Gasteiger partial charge < -0.3 is 15.0 Å². The van der Waals surface area contributed by atoms with E-state index in [0.717, 1.165) is 41.7 Å². The van der Waals surface area contributed by atoms with Crippen molar-refractivity contribution in [3.8, 4) is 5.75 Å². The number of hydrogen-bond donors (Lipinski definition) is 2. The van der Waals surface area contributed by atoms with Crippen molar-refractivity contribution < 1.29 is 9.53 Å². The van der Waals surface area contributed by atoms with Crippen LogP contribution in [0.5, 0.6) is 5.75 Å². The molecule has 0 radical (unpaired) electrons. The van der Waals surface area contributed by atoms with Crippen molar-refractivity contribution in [2.45, 2.75) is 51.8 Å². The van der Waals surface area contributed by atoms with Crippen molar-refractivity contribution >= 4 is 17.7 Å². The van der Waals surface area contributed by atoms with Crippen molar-refractivity contribution in [1.29, 1.82) is 0 Å². The van der Waals surface area contributed by atoms with Gasteiger partial charge in [-0.1, -0.05) is 18.6 Å². The largest absolute Gasteiger partial charge is 0.494 e. The van der Waals surface area contributed by atoms with Crippen LogP contribution in [-0.2, 0) is 17.1 Å². The van der Waals surface area contributed by atoms with Gasteiger partial charge >= 0.3 is 0 Å². The van der Waals surface area contributed by atoms with E-state index < -0.39 is 0 Å². The zero-order valence-electron chi connectivity index (χ0n) is 18.2. The number of nitrogens with one attached hydrogen (secondary N) is 2. The summed E-state index contributed by atoms with van der Waals surface area (Å²) in [5, 5.41) is 2.97. The van der Waals surface area contributed by atoms with E-state index >= 15 is 0 Å². The summed E-state index contributed by atoms with van der Waals surface area (Å²) in [4.78, 5) is 22.1. The molecule has 2 aromatic rings. The fraction of sp³-hybridized carbons (Fsp3) is 0.565. The van der Waals surface area contributed by atoms with Crippen molar-refractivity contribution in [3.63, 3.8) is 0 Å². The molecule has 1 aromatic carbocycles. The molecule has 2 N–H and O–H groups in total. The monoisotopic (exact) mass is 430 g/mol. The molecule has 6 nitrogen and oxygen atoms in total. The van der Waals surface area contributed by atoms with Gasteiger partial charge in [0.2, 0.25) is 5.91 Å². The summed E-state index contributed by atoms with van der Waals surface area (Å²) in [5.41, 5.74) is 3.42. The highest BCUT2D eigenvalue weighted by atomic mass is 32.2. The summed E-state index contributed by atoms with van der Waals surface area (Å²) in [5.74, 6) is 3.10. The zero-order valence-corrected chi connectivity index (χ0v) is 19.0. The Bertz CT molecular complexity index is 802. The minimum atomic E-state index is 0.0634. The van der Waals surface area contributed by atoms with E-state index in [9.17, 15) is 4.79 Å². The number of nitrogens with zero attached hydrogens (tertiary/aromatic N) is 2. The van der Waals surface area contributed by atoms with Gasteiger partial charge in [-0.3, -0.25) is 9.69 Å². The number of carbonyl (C=O) groups excluding carboxylic acids is 1. The second-order valence-electron chi connectivity index (χ2n) is 7.92. The molecule has 0 atom stereocenters. The van der Waals surface area contributed by atoms with Gasteiger partial charge in [0.1, 0.15) is 11.6 Å². The van der Waals surface area contributed by atoms with Crippen molar-refractivity contribution in [2.24, 2.45) is 0 Å². The third kappa shape index (κ3) is 7.69. The molecule has 1 aromatic heterocycles. The molecule has 0 bridgehead atoms. The molecular formula is C23H34N4O2S. The number of aryl methyl sites for hydroxylation is 2. The van der Waals surface area contributed by atoms with E-state index in [0.29, 0.717) is 18.9 Å². The van der Waals surface area contributed by atoms with Gasteiger partial charge in [-0.15, -0.1) is 11.8 Å². The Hall–Kier alpha value is -1.99. The van der Waals surface area contributed by atoms with Gasteiger partial charge in [-0.05, 0) is 63.9 Å². The topological polar surface area (TPSA) is 70.2 Å². The summed E-state index contributed by atoms with van der Waals surface area (Å²) < 4.78 is 5.89. The molecule has 30 heavy (non-hydrogen) atoms. The zero-order chi connectivity index (χ0) is 21.2. The van der Waals surface area contributed by atoms with Crippen LogP contribution < -0.4 is 10.1 Å². The van der Waals surface area contributed by atoms with Gasteiger partial charge in [0.25, 0.3) is 0 Å². The predicted octanol–water partition coefficient (Wildman–Crippen LogP) is 3.83. The number of benzene rings is 1. The number of aromatic amines is 1. The molecule has 1 saturated heterocycles. The SMILES string of the molecule is Cc1nc(CSCC(=O)NCCCOc2cccc(CN3CCCCC3)c2)c(C)[nH]1. The summed E-state index contributed by atoms with van der Waals surface area (Å²) in [7, 11) is 0. The number of rotatable bonds is 11. The van der Waals surface area contributed by atoms with E-state index in [4.69, 9.17) is 4.74 Å². The van der Waals surface area contributed by atoms with Crippen LogP contribution in [0.1, 0.15) is 48.5 Å². The second-order valence-corrected chi connectivity index (χ2v) is 8.91. The Balaban J connectivity index is 1.27. The van der Waals surface area contributed by atoms with E-state index in [1.54, 1.807) is 11.8 Å². The molecule has 1 aliphatic rings. The maximum atomic E-state index is 12.0. The molecule has 1 amide bonds. The molecule has 0 saturated carbocycles. The van der Waals surface area contributed by atoms with Gasteiger partial charge in [-0.25, -0.2) is 4.98 Å². The van der Waals surface area contributed by atoms with Crippen molar-refractivity contribution in [2.75, 3.05) is 32.0 Å². The number of piperidine rings is 1. The fourth-order valence-corrected chi connectivity index (χ4v) is 4.55. The Morgan fingerprint density at radius 1 is 1.27 bits per heavy atom. The maximum Gasteiger partial charge on any atom is 0.230 e. The van der Waals surface area contributed by atoms with E-state index in [-0.39, 0.29) is 5.91 Å². The molecule has 0 spiro atoms. The van der Waals surface area contributed by atoms with Crippen LogP contribution in [0.25, 0.3) is 0 Å². The van der Waals surface area contributed by atoms with Crippen LogP contribution in [0.4, 0.5) is 0 Å². The number of carbonyl (C=O) groups is 1. The quantitative estimate of drug-likeness (QED) is 0.530. The Kier molecular flexibility index (Phi) is 9.08. The van der Waals surface area contributed by atoms with Crippen LogP contribution in [0, 0.1) is 13.8 Å². The normalized spacial score (nSPS) is 14.6. The number of H-pyrrole nitrogens is 1. The van der Waals surface area contributed by atoms with Crippen molar-refractivity contribution in [1.82, 2.24) is 20.2 Å². The predicted molar refractivity (Wildman–Crippen MR) is 123 cm³/mol. The van der Waals surface area contributed by atoms with Crippen LogP contribution in [-0.4, -0.2) is 52.8 Å². The number of imidazole rings is 1. The lowest BCUT2D eigenvalue weighted by atomic mass is 10.1. The minimum absolute atomic E-state index is 0.0634. The first-order chi connectivity index (χ1) is 14.6. The first-order valence-electron chi connectivity index (χ1n) is 10.9. The minimum Gasteiger partial charge on any atom is -0.494 e. The number of hydrogen-bond acceptors (Lipinski definition) is 5. The molecule has 7 heteroatoms. The molecule has 1 aliphatic heterocycles. The Morgan fingerprint density at radius 2 is 2.10 bits per heavy atom. The average molecular weight is 431 g/mol. The third-order valence-electron chi connectivity index (χ3n) is 5.24. The molecular weight excluding hydrogens is 396 g/mol. The van der Waals surface area contributed by atoms with E-state index in [1.807, 2.05) is 19.9 Å². The molecule has 0 unspecified atom stereocenters. The Labute approximate surface area is 184 Å². The first-order valence-corrected chi connectivity index (χ1v) is 12.1. The highest BCUT2D eigenvalue weighted by Crippen LogP contribution is 2.18. The highest BCUT2D eigenvalue weighted by molar-refractivity contribution is 7.99. The summed E-state index contributed by atoms with van der Waals surface area (Å²) in [6.45, 7) is 8.59. The Morgan fingerprint density at radius 3 is 2.87 bits per heavy atom. The van der Waals surface area contributed by atoms with E-state index in [1.165, 1.54) is 37.9 Å². The summed E-state index contributed by atoms with van der Waals surface area (Å²) in [6.07, 6.45) is 4.77. The number of amides is 1. The number of ether oxygens (including phenoxy) is 1. The first kappa shape index (κ1) is 22.7. The number of aromatic nitrogens is 2. The average Bonchev–Trinajstić information content (AvgIpc) is 3.06. The number of thioether (sulfide) groups is 1. The smallest absolute Gasteiger partial charge is 0.230 e.